The topological polar surface area (TPSA) is 52.6 Å². The molecule has 4 heteroatoms. The second kappa shape index (κ2) is 14.4. The molecule has 20 heavy (non-hydrogen) atoms. The molecule has 0 aliphatic heterocycles. The first-order chi connectivity index (χ1) is 9.63. The Morgan fingerprint density at radius 1 is 1.05 bits per heavy atom. The van der Waals surface area contributed by atoms with Crippen molar-refractivity contribution in [3.05, 3.63) is 74.4 Å². The van der Waals surface area contributed by atoms with E-state index in [2.05, 4.69) is 31.1 Å². The van der Waals surface area contributed by atoms with E-state index in [1.54, 1.807) is 0 Å². The van der Waals surface area contributed by atoms with Gasteiger partial charge >= 0.3 is 11.9 Å². The number of hydrogen-bond donors (Lipinski definition) is 0. The molecular weight excluding hydrogens is 256 g/mol. The molecule has 0 spiro atoms. The van der Waals surface area contributed by atoms with Gasteiger partial charge in [-0.2, -0.15) is 0 Å². The van der Waals surface area contributed by atoms with Crippen molar-refractivity contribution in [1.82, 2.24) is 0 Å². The van der Waals surface area contributed by atoms with E-state index in [9.17, 15) is 9.59 Å². The molecule has 0 saturated carbocycles. The average Bonchev–Trinajstić information content (AvgIpc) is 2.55. The van der Waals surface area contributed by atoms with Gasteiger partial charge in [-0.3, -0.25) is 0 Å². The van der Waals surface area contributed by atoms with E-state index in [-0.39, 0.29) is 5.97 Å². The first-order valence-corrected chi connectivity index (χ1v) is 5.67. The number of esters is 2. The van der Waals surface area contributed by atoms with Crippen LogP contribution in [0.1, 0.15) is 5.56 Å². The fourth-order valence-corrected chi connectivity index (χ4v) is 0.871. The van der Waals surface area contributed by atoms with Crippen LogP contribution < -0.4 is 0 Å². The largest absolute Gasteiger partial charge is 0.466 e. The van der Waals surface area contributed by atoms with Gasteiger partial charge in [-0.05, 0) is 5.56 Å². The summed E-state index contributed by atoms with van der Waals surface area (Å²) in [5, 5.41) is 0. The summed E-state index contributed by atoms with van der Waals surface area (Å²) in [6.07, 6.45) is 2.27. The predicted molar refractivity (Wildman–Crippen MR) is 79.9 cm³/mol. The van der Waals surface area contributed by atoms with Crippen LogP contribution in [0.15, 0.2) is 68.8 Å². The molecule has 0 radical (unpaired) electrons. The van der Waals surface area contributed by atoms with Crippen molar-refractivity contribution in [3.8, 4) is 0 Å². The molecule has 0 fully saturated rings. The highest BCUT2D eigenvalue weighted by molar-refractivity contribution is 5.81. The highest BCUT2D eigenvalue weighted by atomic mass is 16.5. The Morgan fingerprint density at radius 2 is 1.55 bits per heavy atom. The van der Waals surface area contributed by atoms with Gasteiger partial charge in [0.05, 0.1) is 7.11 Å². The molecule has 1 aromatic carbocycles. The second-order valence-electron chi connectivity index (χ2n) is 3.02. The molecule has 0 bridgehead atoms. The van der Waals surface area contributed by atoms with Crippen molar-refractivity contribution in [2.75, 3.05) is 7.11 Å². The molecule has 0 aliphatic rings. The molecule has 0 atom stereocenters. The van der Waals surface area contributed by atoms with Crippen LogP contribution in [0.4, 0.5) is 0 Å². The molecule has 1 rings (SSSR count). The molecule has 0 unspecified atom stereocenters. The van der Waals surface area contributed by atoms with E-state index >= 15 is 0 Å². The lowest BCUT2D eigenvalue weighted by atomic mass is 10.2. The summed E-state index contributed by atoms with van der Waals surface area (Å²) in [4.78, 5) is 20.5. The number of methoxy groups -OCH3 is 1. The third kappa shape index (κ3) is 11.9. The van der Waals surface area contributed by atoms with Crippen LogP contribution in [0.25, 0.3) is 0 Å². The SMILES string of the molecule is C=C.C=CC(=O)OC.C=CC(=O)OCc1ccccc1. The second-order valence-corrected chi connectivity index (χ2v) is 3.02. The Hall–Kier alpha value is -2.62. The zero-order chi connectivity index (χ0) is 15.8. The molecule has 0 aromatic heterocycles. The standard InChI is InChI=1S/C10H10O2.C4H6O2.C2H4/c1-2-10(11)12-8-9-6-4-3-5-7-9;1-3-4(5)6-2;1-2/h2-7H,1,8H2;3H,1H2,2H3;1-2H2. The molecule has 108 valence electrons. The highest BCUT2D eigenvalue weighted by Gasteiger charge is 1.95. The van der Waals surface area contributed by atoms with Crippen LogP contribution in [0.5, 0.6) is 0 Å². The number of carbonyl (C=O) groups is 2. The maximum Gasteiger partial charge on any atom is 0.330 e. The van der Waals surface area contributed by atoms with Gasteiger partial charge in [-0.15, -0.1) is 13.2 Å². The van der Waals surface area contributed by atoms with Crippen molar-refractivity contribution in [2.45, 2.75) is 6.61 Å². The maximum absolute atomic E-state index is 10.6. The fraction of sp³-hybridized carbons (Fsp3) is 0.125. The van der Waals surface area contributed by atoms with Crippen LogP contribution >= 0.6 is 0 Å². The monoisotopic (exact) mass is 276 g/mol. The molecule has 4 nitrogen and oxygen atoms in total. The predicted octanol–water partition coefficient (Wildman–Crippen LogP) is 3.06. The summed E-state index contributed by atoms with van der Waals surface area (Å²) in [5.74, 6) is -0.783. The lowest BCUT2D eigenvalue weighted by molar-refractivity contribution is -0.139. The van der Waals surface area contributed by atoms with Crippen LogP contribution in [0, 0.1) is 0 Å². The van der Waals surface area contributed by atoms with E-state index < -0.39 is 5.97 Å². The lowest BCUT2D eigenvalue weighted by Crippen LogP contribution is -1.99. The van der Waals surface area contributed by atoms with Crippen molar-refractivity contribution in [1.29, 1.82) is 0 Å². The maximum atomic E-state index is 10.6. The summed E-state index contributed by atoms with van der Waals surface area (Å²) in [6, 6.07) is 9.51. The lowest BCUT2D eigenvalue weighted by Gasteiger charge is -2.00. The van der Waals surface area contributed by atoms with Gasteiger partial charge in [0.15, 0.2) is 0 Å². The molecule has 1 aromatic rings. The van der Waals surface area contributed by atoms with Gasteiger partial charge in [0, 0.05) is 12.2 Å². The van der Waals surface area contributed by atoms with E-state index in [0.717, 1.165) is 17.7 Å². The van der Waals surface area contributed by atoms with E-state index in [1.165, 1.54) is 7.11 Å². The van der Waals surface area contributed by atoms with Gasteiger partial charge in [0.1, 0.15) is 6.61 Å². The number of rotatable bonds is 4. The van der Waals surface area contributed by atoms with Crippen molar-refractivity contribution >= 4 is 11.9 Å². The Morgan fingerprint density at radius 3 is 1.90 bits per heavy atom. The van der Waals surface area contributed by atoms with E-state index in [4.69, 9.17) is 4.74 Å². The minimum absolute atomic E-state index is 0.311. The summed E-state index contributed by atoms with van der Waals surface area (Å²) < 4.78 is 8.96. The van der Waals surface area contributed by atoms with Crippen LogP contribution in [0.3, 0.4) is 0 Å². The molecule has 0 amide bonds. The summed E-state index contributed by atoms with van der Waals surface area (Å²) in [7, 11) is 1.31. The van der Waals surface area contributed by atoms with Gasteiger partial charge in [-0.25, -0.2) is 9.59 Å². The van der Waals surface area contributed by atoms with Crippen LogP contribution in [0.2, 0.25) is 0 Å². The molecular formula is C16H20O4. The first kappa shape index (κ1) is 19.7. The highest BCUT2D eigenvalue weighted by Crippen LogP contribution is 2.00. The molecule has 0 saturated heterocycles. The number of ether oxygens (including phenoxy) is 2. The third-order valence-corrected chi connectivity index (χ3v) is 1.76. The van der Waals surface area contributed by atoms with Gasteiger partial charge in [0.2, 0.25) is 0 Å². The zero-order valence-corrected chi connectivity index (χ0v) is 11.7. The minimum Gasteiger partial charge on any atom is -0.466 e. The molecule has 0 aliphatic carbocycles. The first-order valence-electron chi connectivity index (χ1n) is 5.67. The number of carbonyl (C=O) groups excluding carboxylic acids is 2. The smallest absolute Gasteiger partial charge is 0.330 e. The van der Waals surface area contributed by atoms with Gasteiger partial charge < -0.3 is 9.47 Å². The minimum atomic E-state index is -0.394. The van der Waals surface area contributed by atoms with Crippen molar-refractivity contribution < 1.29 is 19.1 Å². The van der Waals surface area contributed by atoms with Crippen molar-refractivity contribution in [3.63, 3.8) is 0 Å². The summed E-state index contributed by atoms with van der Waals surface area (Å²) >= 11 is 0. The molecule has 0 heterocycles. The van der Waals surface area contributed by atoms with Crippen molar-refractivity contribution in [2.24, 2.45) is 0 Å². The quantitative estimate of drug-likeness (QED) is 0.482. The van der Waals surface area contributed by atoms with Crippen LogP contribution in [-0.4, -0.2) is 19.0 Å². The Labute approximate surface area is 120 Å². The van der Waals surface area contributed by atoms with Gasteiger partial charge in [-0.1, -0.05) is 43.5 Å². The Kier molecular flexibility index (Phi) is 14.2. The molecule has 0 N–H and O–H groups in total. The Balaban J connectivity index is 0. The zero-order valence-electron chi connectivity index (χ0n) is 11.7. The summed E-state index contributed by atoms with van der Waals surface area (Å²) in [5.41, 5.74) is 0.979. The van der Waals surface area contributed by atoms with E-state index in [1.807, 2.05) is 30.3 Å². The van der Waals surface area contributed by atoms with Crippen LogP contribution in [-0.2, 0) is 25.7 Å². The number of benzene rings is 1. The summed E-state index contributed by atoms with van der Waals surface area (Å²) in [6.45, 7) is 12.8. The average molecular weight is 276 g/mol. The normalized spacial score (nSPS) is 7.65. The fourth-order valence-electron chi connectivity index (χ4n) is 0.871. The van der Waals surface area contributed by atoms with E-state index in [0.29, 0.717) is 6.61 Å². The number of hydrogen-bond acceptors (Lipinski definition) is 4. The van der Waals surface area contributed by atoms with Gasteiger partial charge in [0.25, 0.3) is 0 Å². The third-order valence-electron chi connectivity index (χ3n) is 1.76. The Bertz CT molecular complexity index is 410.